The molecular weight excluding hydrogens is 372 g/mol. The average molecular weight is 401 g/mol. The Bertz CT molecular complexity index is 942. The molecule has 150 valence electrons. The maximum Gasteiger partial charge on any atom is 0.243 e. The summed E-state index contributed by atoms with van der Waals surface area (Å²) in [6.07, 6.45) is 1.38. The van der Waals surface area contributed by atoms with Crippen molar-refractivity contribution in [1.82, 2.24) is 9.62 Å². The quantitative estimate of drug-likeness (QED) is 0.834. The third kappa shape index (κ3) is 4.45. The maximum atomic E-state index is 12.9. The van der Waals surface area contributed by atoms with Crippen molar-refractivity contribution in [1.29, 1.82) is 0 Å². The standard InChI is InChI=1S/C22H28N2O3S/c1-16-11-12-19(14-17(16)2)18(3)23-22(25)20-8-7-13-24(15-20)28(26,27)21-9-5-4-6-10-21/h4-6,9-12,14,18,20H,7-8,13,15H2,1-3H3,(H,23,25)/t18-,20+/m0/s1. The van der Waals surface area contributed by atoms with Crippen LogP contribution in [-0.4, -0.2) is 31.7 Å². The summed E-state index contributed by atoms with van der Waals surface area (Å²) in [5.41, 5.74) is 3.47. The van der Waals surface area contributed by atoms with Crippen LogP contribution in [0.3, 0.4) is 0 Å². The fraction of sp³-hybridized carbons (Fsp3) is 0.409. The number of carbonyl (C=O) groups is 1. The minimum Gasteiger partial charge on any atom is -0.349 e. The molecule has 3 rings (SSSR count). The molecule has 6 heteroatoms. The SMILES string of the molecule is Cc1ccc([C@H](C)NC(=O)[C@@H]2CCCN(S(=O)(=O)c3ccccc3)C2)cc1C. The topological polar surface area (TPSA) is 66.5 Å². The molecule has 28 heavy (non-hydrogen) atoms. The molecule has 0 saturated carbocycles. The van der Waals surface area contributed by atoms with Gasteiger partial charge in [-0.15, -0.1) is 0 Å². The Labute approximate surface area is 167 Å². The summed E-state index contributed by atoms with van der Waals surface area (Å²) in [4.78, 5) is 13.1. The molecule has 2 aromatic rings. The minimum atomic E-state index is -3.57. The van der Waals surface area contributed by atoms with Crippen LogP contribution in [0.1, 0.15) is 42.5 Å². The second-order valence-corrected chi connectivity index (χ2v) is 9.53. The van der Waals surface area contributed by atoms with Crippen molar-refractivity contribution in [3.8, 4) is 0 Å². The van der Waals surface area contributed by atoms with E-state index in [1.54, 1.807) is 30.3 Å². The number of nitrogens with zero attached hydrogens (tertiary/aromatic N) is 1. The Morgan fingerprint density at radius 2 is 1.82 bits per heavy atom. The van der Waals surface area contributed by atoms with Gasteiger partial charge < -0.3 is 5.32 Å². The van der Waals surface area contributed by atoms with E-state index in [0.29, 0.717) is 19.4 Å². The van der Waals surface area contributed by atoms with Crippen molar-refractivity contribution in [2.75, 3.05) is 13.1 Å². The lowest BCUT2D eigenvalue weighted by Gasteiger charge is -2.32. The zero-order valence-corrected chi connectivity index (χ0v) is 17.5. The van der Waals surface area contributed by atoms with Crippen LogP contribution in [0.15, 0.2) is 53.4 Å². The van der Waals surface area contributed by atoms with Crippen LogP contribution in [0.25, 0.3) is 0 Å². The van der Waals surface area contributed by atoms with Crippen LogP contribution in [0, 0.1) is 19.8 Å². The summed E-state index contributed by atoms with van der Waals surface area (Å²) < 4.78 is 27.2. The summed E-state index contributed by atoms with van der Waals surface area (Å²) in [6, 6.07) is 14.5. The van der Waals surface area contributed by atoms with Gasteiger partial charge in [-0.25, -0.2) is 8.42 Å². The number of carbonyl (C=O) groups excluding carboxylic acids is 1. The highest BCUT2D eigenvalue weighted by atomic mass is 32.2. The molecule has 0 bridgehead atoms. The van der Waals surface area contributed by atoms with Gasteiger partial charge in [0.25, 0.3) is 0 Å². The van der Waals surface area contributed by atoms with Gasteiger partial charge in [-0.05, 0) is 62.4 Å². The van der Waals surface area contributed by atoms with Crippen molar-refractivity contribution in [2.24, 2.45) is 5.92 Å². The fourth-order valence-corrected chi connectivity index (χ4v) is 5.11. The Hall–Kier alpha value is -2.18. The Morgan fingerprint density at radius 1 is 1.11 bits per heavy atom. The lowest BCUT2D eigenvalue weighted by molar-refractivity contribution is -0.126. The third-order valence-electron chi connectivity index (χ3n) is 5.53. The van der Waals surface area contributed by atoms with Crippen LogP contribution in [0.2, 0.25) is 0 Å². The molecule has 1 aliphatic rings. The van der Waals surface area contributed by atoms with Gasteiger partial charge in [-0.3, -0.25) is 4.79 Å². The van der Waals surface area contributed by atoms with Gasteiger partial charge in [0, 0.05) is 13.1 Å². The minimum absolute atomic E-state index is 0.0845. The van der Waals surface area contributed by atoms with E-state index in [-0.39, 0.29) is 29.3 Å². The third-order valence-corrected chi connectivity index (χ3v) is 7.40. The predicted molar refractivity (Wildman–Crippen MR) is 110 cm³/mol. The van der Waals surface area contributed by atoms with E-state index in [1.165, 1.54) is 15.4 Å². The number of rotatable bonds is 5. The van der Waals surface area contributed by atoms with E-state index < -0.39 is 10.0 Å². The van der Waals surface area contributed by atoms with Crippen LogP contribution in [0.5, 0.6) is 0 Å². The average Bonchev–Trinajstić information content (AvgIpc) is 2.70. The molecule has 0 unspecified atom stereocenters. The Morgan fingerprint density at radius 3 is 2.50 bits per heavy atom. The van der Waals surface area contributed by atoms with Crippen molar-refractivity contribution in [3.63, 3.8) is 0 Å². The zero-order chi connectivity index (χ0) is 20.3. The molecular formula is C22H28N2O3S. The monoisotopic (exact) mass is 400 g/mol. The van der Waals surface area contributed by atoms with Gasteiger partial charge in [0.2, 0.25) is 15.9 Å². The van der Waals surface area contributed by atoms with E-state index >= 15 is 0 Å². The first-order valence-electron chi connectivity index (χ1n) is 9.72. The molecule has 1 saturated heterocycles. The van der Waals surface area contributed by atoms with Gasteiger partial charge in [0.1, 0.15) is 0 Å². The van der Waals surface area contributed by atoms with E-state index in [9.17, 15) is 13.2 Å². The van der Waals surface area contributed by atoms with Gasteiger partial charge in [-0.2, -0.15) is 4.31 Å². The summed E-state index contributed by atoms with van der Waals surface area (Å²) >= 11 is 0. The van der Waals surface area contributed by atoms with Gasteiger partial charge in [0.15, 0.2) is 0 Å². The van der Waals surface area contributed by atoms with Gasteiger partial charge in [-0.1, -0.05) is 36.4 Å². The largest absolute Gasteiger partial charge is 0.349 e. The van der Waals surface area contributed by atoms with Gasteiger partial charge >= 0.3 is 0 Å². The van der Waals surface area contributed by atoms with Crippen molar-refractivity contribution in [3.05, 3.63) is 65.2 Å². The molecule has 0 aromatic heterocycles. The molecule has 2 atom stereocenters. The summed E-state index contributed by atoms with van der Waals surface area (Å²) in [5.74, 6) is -0.417. The number of piperidine rings is 1. The first-order chi connectivity index (χ1) is 13.3. The van der Waals surface area contributed by atoms with E-state index in [1.807, 2.05) is 13.0 Å². The lowest BCUT2D eigenvalue weighted by atomic mass is 9.97. The number of hydrogen-bond donors (Lipinski definition) is 1. The van der Waals surface area contributed by atoms with E-state index in [0.717, 1.165) is 5.56 Å². The van der Waals surface area contributed by atoms with Crippen molar-refractivity contribution in [2.45, 2.75) is 44.6 Å². The molecule has 0 spiro atoms. The summed E-state index contributed by atoms with van der Waals surface area (Å²) in [6.45, 7) is 6.76. The smallest absolute Gasteiger partial charge is 0.243 e. The number of amides is 1. The second kappa shape index (κ2) is 8.45. The Balaban J connectivity index is 1.68. The normalized spacial score (nSPS) is 19.2. The highest BCUT2D eigenvalue weighted by molar-refractivity contribution is 7.89. The molecule has 1 aliphatic heterocycles. The van der Waals surface area contributed by atoms with E-state index in [2.05, 4.69) is 31.3 Å². The molecule has 1 heterocycles. The zero-order valence-electron chi connectivity index (χ0n) is 16.7. The van der Waals surface area contributed by atoms with Crippen molar-refractivity contribution >= 4 is 15.9 Å². The predicted octanol–water partition coefficient (Wildman–Crippen LogP) is 3.58. The first kappa shape index (κ1) is 20.6. The van der Waals surface area contributed by atoms with Crippen LogP contribution < -0.4 is 5.32 Å². The lowest BCUT2D eigenvalue weighted by Crippen LogP contribution is -2.45. The number of aryl methyl sites for hydroxylation is 2. The van der Waals surface area contributed by atoms with Crippen molar-refractivity contribution < 1.29 is 13.2 Å². The molecule has 1 amide bonds. The number of benzene rings is 2. The highest BCUT2D eigenvalue weighted by Gasteiger charge is 2.33. The number of nitrogens with one attached hydrogen (secondary N) is 1. The summed E-state index contributed by atoms with van der Waals surface area (Å²) in [7, 11) is -3.57. The van der Waals surface area contributed by atoms with Crippen LogP contribution in [-0.2, 0) is 14.8 Å². The molecule has 2 aromatic carbocycles. The summed E-state index contributed by atoms with van der Waals surface area (Å²) in [5, 5.41) is 3.06. The fourth-order valence-electron chi connectivity index (χ4n) is 3.56. The second-order valence-electron chi connectivity index (χ2n) is 7.59. The highest BCUT2D eigenvalue weighted by Crippen LogP contribution is 2.25. The first-order valence-corrected chi connectivity index (χ1v) is 11.2. The molecule has 5 nitrogen and oxygen atoms in total. The van der Waals surface area contributed by atoms with E-state index in [4.69, 9.17) is 0 Å². The number of sulfonamides is 1. The van der Waals surface area contributed by atoms with Gasteiger partial charge in [0.05, 0.1) is 16.9 Å². The van der Waals surface area contributed by atoms with Crippen LogP contribution >= 0.6 is 0 Å². The van der Waals surface area contributed by atoms with Crippen LogP contribution in [0.4, 0.5) is 0 Å². The Kier molecular flexibility index (Phi) is 6.20. The number of hydrogen-bond acceptors (Lipinski definition) is 3. The molecule has 0 radical (unpaired) electrons. The molecule has 1 fully saturated rings. The molecule has 0 aliphatic carbocycles. The molecule has 1 N–H and O–H groups in total. The maximum absolute atomic E-state index is 12.9.